The van der Waals surface area contributed by atoms with Gasteiger partial charge in [-0.1, -0.05) is 19.1 Å². The molecule has 3 nitrogen and oxygen atoms in total. The van der Waals surface area contributed by atoms with E-state index in [0.29, 0.717) is 18.6 Å². The molecular weight excluding hydrogens is 277 g/mol. The van der Waals surface area contributed by atoms with Crippen molar-refractivity contribution in [3.63, 3.8) is 0 Å². The van der Waals surface area contributed by atoms with E-state index >= 15 is 0 Å². The average Bonchev–Trinajstić information content (AvgIpc) is 2.33. The number of benzene rings is 1. The minimum absolute atomic E-state index is 0.226. The minimum atomic E-state index is -1.60. The molecule has 0 saturated heterocycles. The van der Waals surface area contributed by atoms with Crippen LogP contribution >= 0.6 is 12.2 Å². The predicted molar refractivity (Wildman–Crippen MR) is 69.3 cm³/mol. The fourth-order valence-corrected chi connectivity index (χ4v) is 1.70. The SMILES string of the molecule is CCC(CC(N)=S)NC(=O)c1cc(F)c(F)c(F)c1. The Hall–Kier alpha value is -1.63. The van der Waals surface area contributed by atoms with Crippen LogP contribution in [-0.2, 0) is 0 Å². The van der Waals surface area contributed by atoms with Gasteiger partial charge in [-0.2, -0.15) is 0 Å². The lowest BCUT2D eigenvalue weighted by molar-refractivity contribution is 0.0936. The molecule has 7 heteroatoms. The second kappa shape index (κ2) is 6.51. The molecule has 0 heterocycles. The van der Waals surface area contributed by atoms with E-state index in [0.717, 1.165) is 0 Å². The van der Waals surface area contributed by atoms with Gasteiger partial charge in [-0.25, -0.2) is 13.2 Å². The maximum Gasteiger partial charge on any atom is 0.251 e. The number of rotatable bonds is 5. The number of nitrogens with two attached hydrogens (primary N) is 1. The summed E-state index contributed by atoms with van der Waals surface area (Å²) in [7, 11) is 0. The molecule has 0 aliphatic carbocycles. The van der Waals surface area contributed by atoms with Gasteiger partial charge in [0, 0.05) is 18.0 Å². The second-order valence-electron chi connectivity index (χ2n) is 4.00. The fourth-order valence-electron chi connectivity index (χ4n) is 1.50. The third-order valence-corrected chi connectivity index (χ3v) is 2.69. The quantitative estimate of drug-likeness (QED) is 0.646. The number of amides is 1. The Labute approximate surface area is 114 Å². The van der Waals surface area contributed by atoms with Crippen molar-refractivity contribution >= 4 is 23.1 Å². The van der Waals surface area contributed by atoms with Gasteiger partial charge < -0.3 is 11.1 Å². The maximum atomic E-state index is 13.0. The van der Waals surface area contributed by atoms with Gasteiger partial charge in [-0.3, -0.25) is 4.79 Å². The van der Waals surface area contributed by atoms with Crippen molar-refractivity contribution in [3.8, 4) is 0 Å². The summed E-state index contributed by atoms with van der Waals surface area (Å²) in [5.41, 5.74) is 5.07. The lowest BCUT2D eigenvalue weighted by atomic mass is 10.1. The van der Waals surface area contributed by atoms with Crippen LogP contribution in [0.1, 0.15) is 30.1 Å². The third-order valence-electron chi connectivity index (χ3n) is 2.52. The van der Waals surface area contributed by atoms with E-state index < -0.39 is 23.4 Å². The van der Waals surface area contributed by atoms with Gasteiger partial charge in [0.05, 0.1) is 4.99 Å². The van der Waals surface area contributed by atoms with Crippen molar-refractivity contribution in [2.45, 2.75) is 25.8 Å². The number of carbonyl (C=O) groups excluding carboxylic acids is 1. The first-order chi connectivity index (χ1) is 8.85. The number of hydrogen-bond acceptors (Lipinski definition) is 2. The van der Waals surface area contributed by atoms with Gasteiger partial charge >= 0.3 is 0 Å². The molecule has 1 unspecified atom stereocenters. The third kappa shape index (κ3) is 4.20. The molecule has 0 bridgehead atoms. The van der Waals surface area contributed by atoms with Crippen molar-refractivity contribution in [1.29, 1.82) is 0 Å². The van der Waals surface area contributed by atoms with Gasteiger partial charge in [0.15, 0.2) is 17.5 Å². The number of thiocarbonyl (C=S) groups is 1. The van der Waals surface area contributed by atoms with Crippen LogP contribution < -0.4 is 11.1 Å². The van der Waals surface area contributed by atoms with E-state index in [-0.39, 0.29) is 23.0 Å². The van der Waals surface area contributed by atoms with E-state index in [2.05, 4.69) is 5.32 Å². The molecule has 0 aliphatic rings. The molecule has 0 aliphatic heterocycles. The Morgan fingerprint density at radius 3 is 2.32 bits per heavy atom. The molecule has 0 radical (unpaired) electrons. The number of halogens is 3. The van der Waals surface area contributed by atoms with Crippen LogP contribution in [0.2, 0.25) is 0 Å². The molecule has 1 atom stereocenters. The summed E-state index contributed by atoms with van der Waals surface area (Å²) in [5.74, 6) is -5.13. The topological polar surface area (TPSA) is 55.1 Å². The van der Waals surface area contributed by atoms with Gasteiger partial charge in [-0.15, -0.1) is 0 Å². The Balaban J connectivity index is 2.86. The van der Waals surface area contributed by atoms with Crippen molar-refractivity contribution in [2.75, 3.05) is 0 Å². The Bertz CT molecular complexity index is 485. The van der Waals surface area contributed by atoms with Crippen molar-refractivity contribution in [3.05, 3.63) is 35.1 Å². The molecule has 1 aromatic rings. The minimum Gasteiger partial charge on any atom is -0.393 e. The van der Waals surface area contributed by atoms with Crippen molar-refractivity contribution < 1.29 is 18.0 Å². The highest BCUT2D eigenvalue weighted by Crippen LogP contribution is 2.14. The molecule has 19 heavy (non-hydrogen) atoms. The molecule has 0 spiro atoms. The predicted octanol–water partition coefficient (Wildman–Crippen LogP) is 2.29. The average molecular weight is 290 g/mol. The highest BCUT2D eigenvalue weighted by molar-refractivity contribution is 7.80. The summed E-state index contributed by atoms with van der Waals surface area (Å²) in [4.78, 5) is 12.0. The lowest BCUT2D eigenvalue weighted by Crippen LogP contribution is -2.37. The van der Waals surface area contributed by atoms with E-state index in [1.165, 1.54) is 0 Å². The highest BCUT2D eigenvalue weighted by Gasteiger charge is 2.17. The second-order valence-corrected chi connectivity index (χ2v) is 4.53. The first kappa shape index (κ1) is 15.4. The Morgan fingerprint density at radius 2 is 1.89 bits per heavy atom. The van der Waals surface area contributed by atoms with Crippen molar-refractivity contribution in [1.82, 2.24) is 5.32 Å². The van der Waals surface area contributed by atoms with Gasteiger partial charge in [0.1, 0.15) is 0 Å². The van der Waals surface area contributed by atoms with Crippen LogP contribution in [-0.4, -0.2) is 16.9 Å². The summed E-state index contributed by atoms with van der Waals surface area (Å²) >= 11 is 4.72. The number of hydrogen-bond donors (Lipinski definition) is 2. The summed E-state index contributed by atoms with van der Waals surface area (Å²) in [6, 6.07) is 0.948. The number of nitrogens with one attached hydrogen (secondary N) is 1. The molecule has 104 valence electrons. The smallest absolute Gasteiger partial charge is 0.251 e. The number of carbonyl (C=O) groups is 1. The maximum absolute atomic E-state index is 13.0. The lowest BCUT2D eigenvalue weighted by Gasteiger charge is -2.16. The molecule has 3 N–H and O–H groups in total. The zero-order chi connectivity index (χ0) is 14.6. The van der Waals surface area contributed by atoms with Gasteiger partial charge in [0.25, 0.3) is 5.91 Å². The molecule has 0 aromatic heterocycles. The molecule has 1 rings (SSSR count). The normalized spacial score (nSPS) is 12.0. The monoisotopic (exact) mass is 290 g/mol. The largest absolute Gasteiger partial charge is 0.393 e. The molecule has 0 fully saturated rings. The summed E-state index contributed by atoms with van der Waals surface area (Å²) < 4.78 is 38.7. The van der Waals surface area contributed by atoms with E-state index in [4.69, 9.17) is 18.0 Å². The van der Waals surface area contributed by atoms with Crippen LogP contribution in [0.4, 0.5) is 13.2 Å². The summed E-state index contributed by atoms with van der Waals surface area (Å²) in [6.07, 6.45) is 0.832. The fraction of sp³-hybridized carbons (Fsp3) is 0.333. The van der Waals surface area contributed by atoms with Crippen LogP contribution in [0.3, 0.4) is 0 Å². The Kier molecular flexibility index (Phi) is 5.29. The molecule has 1 aromatic carbocycles. The van der Waals surface area contributed by atoms with Crippen LogP contribution in [0.5, 0.6) is 0 Å². The standard InChI is InChI=1S/C12H13F3N2OS/c1-2-7(5-10(16)19)17-12(18)6-3-8(13)11(15)9(14)4-6/h3-4,7H,2,5H2,1H3,(H2,16,19)(H,17,18). The first-order valence-corrected chi connectivity index (χ1v) is 5.99. The molecule has 1 amide bonds. The zero-order valence-corrected chi connectivity index (χ0v) is 11.0. The van der Waals surface area contributed by atoms with Crippen LogP contribution in [0.15, 0.2) is 12.1 Å². The van der Waals surface area contributed by atoms with E-state index in [1.54, 1.807) is 6.92 Å². The van der Waals surface area contributed by atoms with E-state index in [1.807, 2.05) is 0 Å². The zero-order valence-electron chi connectivity index (χ0n) is 10.2. The molecule has 0 saturated carbocycles. The van der Waals surface area contributed by atoms with Crippen LogP contribution in [0, 0.1) is 17.5 Å². The molecular formula is C12H13F3N2OS. The highest BCUT2D eigenvalue weighted by atomic mass is 32.1. The van der Waals surface area contributed by atoms with E-state index in [9.17, 15) is 18.0 Å². The first-order valence-electron chi connectivity index (χ1n) is 5.58. The van der Waals surface area contributed by atoms with Crippen LogP contribution in [0.25, 0.3) is 0 Å². The summed E-state index contributed by atoms with van der Waals surface area (Å²) in [5, 5.41) is 2.53. The Morgan fingerprint density at radius 1 is 1.37 bits per heavy atom. The van der Waals surface area contributed by atoms with Gasteiger partial charge in [-0.05, 0) is 18.6 Å². The van der Waals surface area contributed by atoms with Crippen molar-refractivity contribution in [2.24, 2.45) is 5.73 Å². The summed E-state index contributed by atoms with van der Waals surface area (Å²) in [6.45, 7) is 1.80. The van der Waals surface area contributed by atoms with Gasteiger partial charge in [0.2, 0.25) is 0 Å².